The van der Waals surface area contributed by atoms with E-state index in [9.17, 15) is 4.79 Å². The number of hydrogen-bond donors (Lipinski definition) is 2. The summed E-state index contributed by atoms with van der Waals surface area (Å²) < 4.78 is 10.6. The van der Waals surface area contributed by atoms with Crippen LogP contribution in [0.4, 0.5) is 5.69 Å². The van der Waals surface area contributed by atoms with Crippen LogP contribution in [-0.4, -0.2) is 20.1 Å². The number of benzene rings is 2. The summed E-state index contributed by atoms with van der Waals surface area (Å²) in [6.07, 6.45) is 2.93. The number of carbonyl (C=O) groups excluding carboxylic acids is 1. The highest BCUT2D eigenvalue weighted by Gasteiger charge is 2.24. The van der Waals surface area contributed by atoms with Gasteiger partial charge in [0.25, 0.3) is 5.91 Å². The van der Waals surface area contributed by atoms with Gasteiger partial charge in [0, 0.05) is 5.69 Å². The van der Waals surface area contributed by atoms with Gasteiger partial charge < -0.3 is 20.5 Å². The van der Waals surface area contributed by atoms with Crippen molar-refractivity contribution in [1.29, 1.82) is 0 Å². The molecule has 134 valence electrons. The highest BCUT2D eigenvalue weighted by molar-refractivity contribution is 5.98. The van der Waals surface area contributed by atoms with Crippen molar-refractivity contribution in [3.63, 3.8) is 0 Å². The van der Waals surface area contributed by atoms with Crippen LogP contribution in [0.3, 0.4) is 0 Å². The number of amides is 1. The Hall–Kier alpha value is -2.40. The fourth-order valence-corrected chi connectivity index (χ4v) is 3.29. The molecule has 1 aliphatic rings. The zero-order valence-corrected chi connectivity index (χ0v) is 15.2. The standard InChI is InChI=1S/C19H22N2O3.ClH/c1-23-17-8-4-6-15(18(17)24-2)19(22)21-16-7-3-5-12-11-13(20)9-10-14(12)16;/h4,6,8-11,16H,3,5,7,20H2,1-2H3,(H,21,22);1H. The molecule has 3 N–H and O–H groups in total. The SMILES string of the molecule is COc1cccc(C(=O)NC2CCCc3cc(N)ccc32)c1OC.Cl. The van der Waals surface area contributed by atoms with Gasteiger partial charge in [-0.25, -0.2) is 0 Å². The molecule has 1 amide bonds. The molecule has 0 aliphatic heterocycles. The molecule has 1 unspecified atom stereocenters. The van der Waals surface area contributed by atoms with Crippen molar-refractivity contribution >= 4 is 24.0 Å². The van der Waals surface area contributed by atoms with Gasteiger partial charge in [-0.05, 0) is 54.7 Å². The first kappa shape index (κ1) is 18.9. The van der Waals surface area contributed by atoms with Crippen LogP contribution in [0.15, 0.2) is 36.4 Å². The quantitative estimate of drug-likeness (QED) is 0.816. The van der Waals surface area contributed by atoms with Crippen molar-refractivity contribution in [2.45, 2.75) is 25.3 Å². The van der Waals surface area contributed by atoms with Gasteiger partial charge in [0.15, 0.2) is 11.5 Å². The number of nitrogens with one attached hydrogen (secondary N) is 1. The second-order valence-electron chi connectivity index (χ2n) is 5.92. The average Bonchev–Trinajstić information content (AvgIpc) is 2.60. The predicted octanol–water partition coefficient (Wildman–Crippen LogP) is 3.52. The molecule has 2 aromatic rings. The maximum Gasteiger partial charge on any atom is 0.255 e. The first-order valence-corrected chi connectivity index (χ1v) is 8.04. The molecule has 0 saturated heterocycles. The number of ether oxygens (including phenoxy) is 2. The van der Waals surface area contributed by atoms with Gasteiger partial charge in [-0.3, -0.25) is 4.79 Å². The summed E-state index contributed by atoms with van der Waals surface area (Å²) in [6, 6.07) is 11.2. The molecular weight excluding hydrogens is 340 g/mol. The van der Waals surface area contributed by atoms with Crippen LogP contribution in [-0.2, 0) is 6.42 Å². The van der Waals surface area contributed by atoms with Crippen molar-refractivity contribution in [2.24, 2.45) is 0 Å². The van der Waals surface area contributed by atoms with E-state index in [0.29, 0.717) is 17.1 Å². The van der Waals surface area contributed by atoms with Crippen LogP contribution in [0.1, 0.15) is 40.4 Å². The first-order chi connectivity index (χ1) is 11.6. The average molecular weight is 363 g/mol. The summed E-state index contributed by atoms with van der Waals surface area (Å²) in [5, 5.41) is 3.12. The van der Waals surface area contributed by atoms with E-state index in [1.165, 1.54) is 12.7 Å². The third-order valence-electron chi connectivity index (χ3n) is 4.43. The molecule has 0 radical (unpaired) electrons. The molecule has 1 atom stereocenters. The Bertz CT molecular complexity index is 764. The summed E-state index contributed by atoms with van der Waals surface area (Å²) in [5.41, 5.74) is 9.46. The van der Waals surface area contributed by atoms with Crippen molar-refractivity contribution in [2.75, 3.05) is 20.0 Å². The van der Waals surface area contributed by atoms with Gasteiger partial charge in [0.2, 0.25) is 0 Å². The Kier molecular flexibility index (Phi) is 6.15. The van der Waals surface area contributed by atoms with E-state index in [2.05, 4.69) is 5.32 Å². The van der Waals surface area contributed by atoms with Gasteiger partial charge in [0.1, 0.15) is 0 Å². The van der Waals surface area contributed by atoms with Crippen molar-refractivity contribution < 1.29 is 14.3 Å². The number of aryl methyl sites for hydroxylation is 1. The smallest absolute Gasteiger partial charge is 0.255 e. The maximum absolute atomic E-state index is 12.8. The van der Waals surface area contributed by atoms with Crippen LogP contribution in [0.5, 0.6) is 11.5 Å². The Labute approximate surface area is 153 Å². The van der Waals surface area contributed by atoms with Crippen molar-refractivity contribution in [1.82, 2.24) is 5.32 Å². The molecule has 0 spiro atoms. The van der Waals surface area contributed by atoms with Gasteiger partial charge in [-0.2, -0.15) is 0 Å². The Balaban J connectivity index is 0.00000225. The number of hydrogen-bond acceptors (Lipinski definition) is 4. The Morgan fingerprint density at radius 1 is 1.20 bits per heavy atom. The molecule has 0 fully saturated rings. The number of fused-ring (bicyclic) bond motifs is 1. The summed E-state index contributed by atoms with van der Waals surface area (Å²) in [4.78, 5) is 12.8. The lowest BCUT2D eigenvalue weighted by Gasteiger charge is -2.27. The highest BCUT2D eigenvalue weighted by Crippen LogP contribution is 2.33. The lowest BCUT2D eigenvalue weighted by molar-refractivity contribution is 0.0929. The minimum Gasteiger partial charge on any atom is -0.493 e. The van der Waals surface area contributed by atoms with Crippen molar-refractivity contribution in [3.05, 3.63) is 53.1 Å². The monoisotopic (exact) mass is 362 g/mol. The second kappa shape index (κ2) is 8.12. The minimum atomic E-state index is -0.166. The van der Waals surface area contributed by atoms with E-state index >= 15 is 0 Å². The zero-order valence-electron chi connectivity index (χ0n) is 14.4. The van der Waals surface area contributed by atoms with E-state index in [0.717, 1.165) is 30.5 Å². The Morgan fingerprint density at radius 3 is 2.72 bits per heavy atom. The van der Waals surface area contributed by atoms with Crippen LogP contribution < -0.4 is 20.5 Å². The molecule has 3 rings (SSSR count). The molecule has 0 heterocycles. The molecule has 0 bridgehead atoms. The van der Waals surface area contributed by atoms with E-state index < -0.39 is 0 Å². The van der Waals surface area contributed by atoms with Gasteiger partial charge in [0.05, 0.1) is 25.8 Å². The fraction of sp³-hybridized carbons (Fsp3) is 0.316. The lowest BCUT2D eigenvalue weighted by atomic mass is 9.87. The van der Waals surface area contributed by atoms with Gasteiger partial charge in [-0.1, -0.05) is 12.1 Å². The summed E-state index contributed by atoms with van der Waals surface area (Å²) >= 11 is 0. The molecule has 2 aromatic carbocycles. The van der Waals surface area contributed by atoms with E-state index in [-0.39, 0.29) is 24.4 Å². The highest BCUT2D eigenvalue weighted by atomic mass is 35.5. The Morgan fingerprint density at radius 2 is 2.00 bits per heavy atom. The number of methoxy groups -OCH3 is 2. The molecule has 0 saturated carbocycles. The fourth-order valence-electron chi connectivity index (χ4n) is 3.29. The first-order valence-electron chi connectivity index (χ1n) is 8.04. The number of nitrogens with two attached hydrogens (primary N) is 1. The van der Waals surface area contributed by atoms with Gasteiger partial charge in [-0.15, -0.1) is 12.4 Å². The second-order valence-corrected chi connectivity index (χ2v) is 5.92. The molecule has 0 aromatic heterocycles. The van der Waals surface area contributed by atoms with E-state index in [1.54, 1.807) is 25.3 Å². The number of anilines is 1. The van der Waals surface area contributed by atoms with E-state index in [4.69, 9.17) is 15.2 Å². The van der Waals surface area contributed by atoms with Crippen molar-refractivity contribution in [3.8, 4) is 11.5 Å². The number of rotatable bonds is 4. The largest absolute Gasteiger partial charge is 0.493 e. The van der Waals surface area contributed by atoms with Crippen LogP contribution in [0.2, 0.25) is 0 Å². The van der Waals surface area contributed by atoms with Crippen LogP contribution >= 0.6 is 12.4 Å². The summed E-state index contributed by atoms with van der Waals surface area (Å²) in [6.45, 7) is 0. The molecule has 25 heavy (non-hydrogen) atoms. The maximum atomic E-state index is 12.8. The molecular formula is C19H23ClN2O3. The minimum absolute atomic E-state index is 0. The normalized spacial score (nSPS) is 15.5. The van der Waals surface area contributed by atoms with E-state index in [1.807, 2.05) is 18.2 Å². The summed E-state index contributed by atoms with van der Waals surface area (Å²) in [7, 11) is 3.09. The zero-order chi connectivity index (χ0) is 17.1. The topological polar surface area (TPSA) is 73.6 Å². The molecule has 1 aliphatic carbocycles. The number of carbonyl (C=O) groups is 1. The third-order valence-corrected chi connectivity index (χ3v) is 4.43. The predicted molar refractivity (Wildman–Crippen MR) is 101 cm³/mol. The number of halogens is 1. The lowest BCUT2D eigenvalue weighted by Crippen LogP contribution is -2.31. The van der Waals surface area contributed by atoms with Gasteiger partial charge >= 0.3 is 0 Å². The summed E-state index contributed by atoms with van der Waals surface area (Å²) in [5.74, 6) is 0.827. The molecule has 5 nitrogen and oxygen atoms in total. The van der Waals surface area contributed by atoms with Crippen LogP contribution in [0, 0.1) is 0 Å². The number of nitrogen functional groups attached to an aromatic ring is 1. The third kappa shape index (κ3) is 3.82. The van der Waals surface area contributed by atoms with Crippen LogP contribution in [0.25, 0.3) is 0 Å². The number of para-hydroxylation sites is 1. The molecule has 6 heteroatoms.